The molecule has 2 fully saturated rings. The highest BCUT2D eigenvalue weighted by atomic mass is 16.3. The van der Waals surface area contributed by atoms with E-state index in [0.29, 0.717) is 13.0 Å². The van der Waals surface area contributed by atoms with Crippen LogP contribution in [0.3, 0.4) is 0 Å². The predicted molar refractivity (Wildman–Crippen MR) is 111 cm³/mol. The quantitative estimate of drug-likeness (QED) is 0.553. The van der Waals surface area contributed by atoms with Crippen molar-refractivity contribution in [2.45, 2.75) is 58.5 Å². The molecule has 0 aliphatic carbocycles. The maximum atomic E-state index is 11.9. The van der Waals surface area contributed by atoms with E-state index in [2.05, 4.69) is 28.5 Å². The number of guanidine groups is 1. The number of hydrogen-bond donors (Lipinski definition) is 2. The zero-order valence-corrected chi connectivity index (χ0v) is 17.5. The Morgan fingerprint density at radius 3 is 2.71 bits per heavy atom. The number of amides is 1. The van der Waals surface area contributed by atoms with Crippen molar-refractivity contribution in [2.75, 3.05) is 39.3 Å². The summed E-state index contributed by atoms with van der Waals surface area (Å²) in [5.74, 6) is 3.00. The van der Waals surface area contributed by atoms with Gasteiger partial charge in [0.15, 0.2) is 5.96 Å². The number of rotatable bonds is 7. The van der Waals surface area contributed by atoms with Crippen molar-refractivity contribution in [3.8, 4) is 0 Å². The fourth-order valence-corrected chi connectivity index (χ4v) is 4.09. The Kier molecular flexibility index (Phi) is 7.36. The molecule has 0 spiro atoms. The highest BCUT2D eigenvalue weighted by Crippen LogP contribution is 2.27. The molecule has 7 nitrogen and oxygen atoms in total. The van der Waals surface area contributed by atoms with E-state index >= 15 is 0 Å². The fraction of sp³-hybridized carbons (Fsp3) is 0.714. The zero-order valence-electron chi connectivity index (χ0n) is 17.5. The molecule has 2 aliphatic rings. The number of aryl methyl sites for hydroxylation is 1. The predicted octanol–water partition coefficient (Wildman–Crippen LogP) is 2.29. The third-order valence-corrected chi connectivity index (χ3v) is 5.62. The zero-order chi connectivity index (χ0) is 19.9. The van der Waals surface area contributed by atoms with Crippen LogP contribution in [0.5, 0.6) is 0 Å². The first-order chi connectivity index (χ1) is 13.6. The van der Waals surface area contributed by atoms with Gasteiger partial charge in [0.25, 0.3) is 0 Å². The number of hydrogen-bond acceptors (Lipinski definition) is 4. The highest BCUT2D eigenvalue weighted by molar-refractivity contribution is 5.80. The van der Waals surface area contributed by atoms with Crippen molar-refractivity contribution in [2.24, 2.45) is 4.99 Å². The molecule has 1 amide bonds. The SMILES string of the molecule is CCNC(=NCC(c1ccc(C)o1)N1CCCC1)NC1CCN(C(=O)CC)C1. The van der Waals surface area contributed by atoms with E-state index in [-0.39, 0.29) is 18.0 Å². The summed E-state index contributed by atoms with van der Waals surface area (Å²) in [6, 6.07) is 4.54. The maximum Gasteiger partial charge on any atom is 0.222 e. The van der Waals surface area contributed by atoms with E-state index in [1.807, 2.05) is 24.8 Å². The van der Waals surface area contributed by atoms with Gasteiger partial charge in [-0.15, -0.1) is 0 Å². The number of nitrogens with zero attached hydrogens (tertiary/aromatic N) is 3. The van der Waals surface area contributed by atoms with Crippen molar-refractivity contribution in [3.05, 3.63) is 23.7 Å². The Labute approximate surface area is 168 Å². The van der Waals surface area contributed by atoms with Crippen LogP contribution in [0.25, 0.3) is 0 Å². The van der Waals surface area contributed by atoms with E-state index in [9.17, 15) is 4.79 Å². The minimum Gasteiger partial charge on any atom is -0.465 e. The van der Waals surface area contributed by atoms with Crippen molar-refractivity contribution >= 4 is 11.9 Å². The van der Waals surface area contributed by atoms with E-state index in [0.717, 1.165) is 56.6 Å². The fourth-order valence-electron chi connectivity index (χ4n) is 4.09. The normalized spacial score (nSPS) is 21.9. The standard InChI is InChI=1S/C21H35N5O2/c1-4-20(27)26-13-10-17(15-26)24-21(22-5-2)23-14-18(25-11-6-7-12-25)19-9-8-16(3)28-19/h8-9,17-18H,4-7,10-15H2,1-3H3,(H2,22,23,24). The lowest BCUT2D eigenvalue weighted by Gasteiger charge is -2.25. The third-order valence-electron chi connectivity index (χ3n) is 5.62. The monoisotopic (exact) mass is 389 g/mol. The molecule has 2 saturated heterocycles. The van der Waals surface area contributed by atoms with Crippen LogP contribution >= 0.6 is 0 Å². The van der Waals surface area contributed by atoms with Gasteiger partial charge >= 0.3 is 0 Å². The Morgan fingerprint density at radius 1 is 1.29 bits per heavy atom. The molecule has 156 valence electrons. The molecule has 0 aromatic carbocycles. The number of carbonyl (C=O) groups excluding carboxylic acids is 1. The lowest BCUT2D eigenvalue weighted by atomic mass is 10.2. The summed E-state index contributed by atoms with van der Waals surface area (Å²) >= 11 is 0. The molecule has 7 heteroatoms. The van der Waals surface area contributed by atoms with Crippen LogP contribution in [0.15, 0.2) is 21.5 Å². The van der Waals surface area contributed by atoms with Crippen LogP contribution in [-0.4, -0.2) is 67.0 Å². The van der Waals surface area contributed by atoms with E-state index in [1.54, 1.807) is 0 Å². The van der Waals surface area contributed by atoms with Gasteiger partial charge in [0, 0.05) is 32.1 Å². The van der Waals surface area contributed by atoms with Crippen LogP contribution in [0.2, 0.25) is 0 Å². The number of carbonyl (C=O) groups is 1. The van der Waals surface area contributed by atoms with Gasteiger partial charge in [-0.3, -0.25) is 14.7 Å². The van der Waals surface area contributed by atoms with E-state index in [4.69, 9.17) is 9.41 Å². The molecule has 2 atom stereocenters. The average Bonchev–Trinajstić information content (AvgIpc) is 3.44. The Morgan fingerprint density at radius 2 is 2.07 bits per heavy atom. The first-order valence-electron chi connectivity index (χ1n) is 10.7. The van der Waals surface area contributed by atoms with Crippen molar-refractivity contribution < 1.29 is 9.21 Å². The molecule has 0 radical (unpaired) electrons. The Bertz CT molecular complexity index is 666. The van der Waals surface area contributed by atoms with Gasteiger partial charge in [0.1, 0.15) is 11.5 Å². The van der Waals surface area contributed by atoms with Gasteiger partial charge in [0.2, 0.25) is 5.91 Å². The van der Waals surface area contributed by atoms with Gasteiger partial charge in [-0.1, -0.05) is 6.92 Å². The molecule has 3 heterocycles. The summed E-state index contributed by atoms with van der Waals surface area (Å²) in [6.45, 7) is 11.2. The minimum absolute atomic E-state index is 0.174. The second-order valence-electron chi connectivity index (χ2n) is 7.75. The lowest BCUT2D eigenvalue weighted by molar-refractivity contribution is -0.129. The average molecular weight is 390 g/mol. The smallest absolute Gasteiger partial charge is 0.222 e. The molecule has 0 bridgehead atoms. The van der Waals surface area contributed by atoms with Crippen LogP contribution < -0.4 is 10.6 Å². The summed E-state index contributed by atoms with van der Waals surface area (Å²) in [5, 5.41) is 6.88. The van der Waals surface area contributed by atoms with Gasteiger partial charge < -0.3 is 20.0 Å². The molecule has 0 saturated carbocycles. The first-order valence-corrected chi connectivity index (χ1v) is 10.7. The van der Waals surface area contributed by atoms with Gasteiger partial charge in [-0.25, -0.2) is 0 Å². The number of furan rings is 1. The second kappa shape index (κ2) is 9.96. The largest absolute Gasteiger partial charge is 0.465 e. The van der Waals surface area contributed by atoms with Crippen molar-refractivity contribution in [1.82, 2.24) is 20.4 Å². The molecule has 2 unspecified atom stereocenters. The molecular weight excluding hydrogens is 354 g/mol. The number of aliphatic imine (C=N–C) groups is 1. The molecule has 3 rings (SSSR count). The van der Waals surface area contributed by atoms with Gasteiger partial charge in [-0.05, 0) is 58.3 Å². The number of nitrogens with one attached hydrogen (secondary N) is 2. The summed E-state index contributed by atoms with van der Waals surface area (Å²) in [5.41, 5.74) is 0. The molecule has 2 aliphatic heterocycles. The van der Waals surface area contributed by atoms with Crippen molar-refractivity contribution in [1.29, 1.82) is 0 Å². The molecule has 2 N–H and O–H groups in total. The van der Waals surface area contributed by atoms with Gasteiger partial charge in [-0.2, -0.15) is 0 Å². The third kappa shape index (κ3) is 5.28. The molecular formula is C21H35N5O2. The maximum absolute atomic E-state index is 11.9. The van der Waals surface area contributed by atoms with E-state index in [1.165, 1.54) is 12.8 Å². The topological polar surface area (TPSA) is 73.1 Å². The molecule has 1 aromatic rings. The molecule has 28 heavy (non-hydrogen) atoms. The summed E-state index contributed by atoms with van der Waals surface area (Å²) in [7, 11) is 0. The summed E-state index contributed by atoms with van der Waals surface area (Å²) in [6.07, 6.45) is 4.01. The highest BCUT2D eigenvalue weighted by Gasteiger charge is 2.28. The number of likely N-dealkylation sites (tertiary alicyclic amines) is 2. The summed E-state index contributed by atoms with van der Waals surface area (Å²) in [4.78, 5) is 21.2. The minimum atomic E-state index is 0.174. The van der Waals surface area contributed by atoms with Crippen LogP contribution in [-0.2, 0) is 4.79 Å². The van der Waals surface area contributed by atoms with Gasteiger partial charge in [0.05, 0.1) is 12.6 Å². The second-order valence-corrected chi connectivity index (χ2v) is 7.75. The first kappa shape index (κ1) is 20.7. The van der Waals surface area contributed by atoms with Crippen LogP contribution in [0.4, 0.5) is 0 Å². The van der Waals surface area contributed by atoms with E-state index < -0.39 is 0 Å². The Balaban J connectivity index is 1.65. The van der Waals surface area contributed by atoms with Crippen LogP contribution in [0.1, 0.15) is 57.1 Å². The summed E-state index contributed by atoms with van der Waals surface area (Å²) < 4.78 is 5.94. The lowest BCUT2D eigenvalue weighted by Crippen LogP contribution is -2.45. The van der Waals surface area contributed by atoms with Crippen molar-refractivity contribution in [3.63, 3.8) is 0 Å². The van der Waals surface area contributed by atoms with Crippen LogP contribution in [0, 0.1) is 6.92 Å². The Hall–Kier alpha value is -2.02. The molecule has 1 aromatic heterocycles.